The summed E-state index contributed by atoms with van der Waals surface area (Å²) in [6, 6.07) is 13.8. The first-order chi connectivity index (χ1) is 14.0. The molecule has 1 N–H and O–H groups in total. The van der Waals surface area contributed by atoms with Gasteiger partial charge in [0.25, 0.3) is 0 Å². The van der Waals surface area contributed by atoms with Gasteiger partial charge in [-0.05, 0) is 48.7 Å². The van der Waals surface area contributed by atoms with Crippen LogP contribution in [0.5, 0.6) is 5.75 Å². The van der Waals surface area contributed by atoms with Crippen LogP contribution in [0.4, 0.5) is 5.69 Å². The second kappa shape index (κ2) is 9.71. The number of carbonyl (C=O) groups excluding carboxylic acids is 1. The van der Waals surface area contributed by atoms with Gasteiger partial charge in [-0.15, -0.1) is 0 Å². The number of nitrogens with one attached hydrogen (secondary N) is 1. The van der Waals surface area contributed by atoms with Gasteiger partial charge in [-0.1, -0.05) is 37.1 Å². The lowest BCUT2D eigenvalue weighted by Crippen LogP contribution is -2.31. The molecular formula is C22H26N2O4S. The molecule has 0 spiro atoms. The second-order valence-electron chi connectivity index (χ2n) is 6.91. The minimum atomic E-state index is -3.47. The number of carbonyl (C=O) groups is 1. The Bertz CT molecular complexity index is 961. The molecule has 2 aromatic carbocycles. The minimum Gasteiger partial charge on any atom is -0.495 e. The van der Waals surface area contributed by atoms with Crippen molar-refractivity contribution in [1.29, 1.82) is 0 Å². The Morgan fingerprint density at radius 2 is 1.66 bits per heavy atom. The van der Waals surface area contributed by atoms with Gasteiger partial charge in [0.05, 0.1) is 17.7 Å². The zero-order chi connectivity index (χ0) is 20.7. The van der Waals surface area contributed by atoms with E-state index in [1.807, 2.05) is 12.1 Å². The highest BCUT2D eigenvalue weighted by molar-refractivity contribution is 7.89. The lowest BCUT2D eigenvalue weighted by molar-refractivity contribution is -0.111. The Labute approximate surface area is 172 Å². The molecule has 1 heterocycles. The predicted molar refractivity (Wildman–Crippen MR) is 114 cm³/mol. The number of hydrogen-bond donors (Lipinski definition) is 1. The lowest BCUT2D eigenvalue weighted by Gasteiger charge is -2.19. The Morgan fingerprint density at radius 3 is 2.31 bits per heavy atom. The molecule has 0 bridgehead atoms. The largest absolute Gasteiger partial charge is 0.495 e. The van der Waals surface area contributed by atoms with E-state index in [0.717, 1.165) is 31.2 Å². The van der Waals surface area contributed by atoms with E-state index in [2.05, 4.69) is 5.32 Å². The molecule has 1 aliphatic heterocycles. The van der Waals surface area contributed by atoms with Crippen molar-refractivity contribution >= 4 is 27.7 Å². The standard InChI is InChI=1S/C22H26N2O4S/c1-28-21-9-5-4-8-20(21)23-22(25)15-12-18-10-13-19(14-11-18)29(26,27)24-16-6-2-3-7-17-24/h4-5,8-15H,2-3,6-7,16-17H2,1H3,(H,23,25). The smallest absolute Gasteiger partial charge is 0.248 e. The third kappa shape index (κ3) is 5.46. The van der Waals surface area contributed by atoms with Gasteiger partial charge in [0.15, 0.2) is 0 Å². The van der Waals surface area contributed by atoms with Crippen molar-refractivity contribution in [2.45, 2.75) is 30.6 Å². The fraction of sp³-hybridized carbons (Fsp3) is 0.318. The quantitative estimate of drug-likeness (QED) is 0.727. The van der Waals surface area contributed by atoms with Crippen molar-refractivity contribution in [2.24, 2.45) is 0 Å². The number of benzene rings is 2. The van der Waals surface area contributed by atoms with Crippen LogP contribution in [0.1, 0.15) is 31.2 Å². The van der Waals surface area contributed by atoms with E-state index in [0.29, 0.717) is 24.5 Å². The Balaban J connectivity index is 1.66. The molecule has 2 aromatic rings. The number of methoxy groups -OCH3 is 1. The molecule has 1 saturated heterocycles. The van der Waals surface area contributed by atoms with Crippen LogP contribution in [0.25, 0.3) is 6.08 Å². The summed E-state index contributed by atoms with van der Waals surface area (Å²) in [5, 5.41) is 2.76. The van der Waals surface area contributed by atoms with Crippen molar-refractivity contribution in [3.05, 3.63) is 60.2 Å². The summed E-state index contributed by atoms with van der Waals surface area (Å²) in [6.45, 7) is 1.15. The highest BCUT2D eigenvalue weighted by Crippen LogP contribution is 2.23. The summed E-state index contributed by atoms with van der Waals surface area (Å²) in [6.07, 6.45) is 7.01. The number of sulfonamides is 1. The summed E-state index contributed by atoms with van der Waals surface area (Å²) in [5.74, 6) is 0.285. The van der Waals surface area contributed by atoms with Crippen molar-refractivity contribution in [1.82, 2.24) is 4.31 Å². The molecule has 29 heavy (non-hydrogen) atoms. The molecular weight excluding hydrogens is 388 g/mol. The number of nitrogens with zero attached hydrogens (tertiary/aromatic N) is 1. The van der Waals surface area contributed by atoms with E-state index in [1.165, 1.54) is 6.08 Å². The zero-order valence-electron chi connectivity index (χ0n) is 16.5. The van der Waals surface area contributed by atoms with Crippen molar-refractivity contribution in [3.63, 3.8) is 0 Å². The molecule has 6 nitrogen and oxygen atoms in total. The molecule has 0 atom stereocenters. The normalized spacial score (nSPS) is 15.8. The summed E-state index contributed by atoms with van der Waals surface area (Å²) in [7, 11) is -1.92. The highest BCUT2D eigenvalue weighted by Gasteiger charge is 2.24. The first-order valence-electron chi connectivity index (χ1n) is 9.73. The summed E-state index contributed by atoms with van der Waals surface area (Å²) in [4.78, 5) is 12.5. The van der Waals surface area contributed by atoms with Crippen LogP contribution < -0.4 is 10.1 Å². The summed E-state index contributed by atoms with van der Waals surface area (Å²) in [5.41, 5.74) is 1.33. The zero-order valence-corrected chi connectivity index (χ0v) is 17.3. The van der Waals surface area contributed by atoms with Crippen molar-refractivity contribution in [2.75, 3.05) is 25.5 Å². The maximum absolute atomic E-state index is 12.8. The molecule has 0 saturated carbocycles. The van der Waals surface area contributed by atoms with Gasteiger partial charge in [0, 0.05) is 19.2 Å². The van der Waals surface area contributed by atoms with Gasteiger partial charge < -0.3 is 10.1 Å². The number of para-hydroxylation sites is 2. The van der Waals surface area contributed by atoms with Crippen molar-refractivity contribution < 1.29 is 17.9 Å². The number of amides is 1. The number of rotatable bonds is 6. The highest BCUT2D eigenvalue weighted by atomic mass is 32.2. The average Bonchev–Trinajstić information content (AvgIpc) is 3.03. The Hall–Kier alpha value is -2.64. The van der Waals surface area contributed by atoms with Crippen LogP contribution in [0.3, 0.4) is 0 Å². The van der Waals surface area contributed by atoms with Crippen LogP contribution in [-0.2, 0) is 14.8 Å². The number of anilines is 1. The van der Waals surface area contributed by atoms with E-state index in [4.69, 9.17) is 4.74 Å². The SMILES string of the molecule is COc1ccccc1NC(=O)C=Cc1ccc(S(=O)(=O)N2CCCCCC2)cc1. The van der Waals surface area contributed by atoms with Crippen LogP contribution in [-0.4, -0.2) is 38.8 Å². The van der Waals surface area contributed by atoms with Gasteiger partial charge in [0.1, 0.15) is 5.75 Å². The molecule has 154 valence electrons. The van der Waals surface area contributed by atoms with Crippen LogP contribution in [0.15, 0.2) is 59.5 Å². The Morgan fingerprint density at radius 1 is 1.00 bits per heavy atom. The first-order valence-corrected chi connectivity index (χ1v) is 11.2. The molecule has 0 aliphatic carbocycles. The monoisotopic (exact) mass is 414 g/mol. The maximum atomic E-state index is 12.8. The second-order valence-corrected chi connectivity index (χ2v) is 8.85. The van der Waals surface area contributed by atoms with Gasteiger partial charge in [-0.2, -0.15) is 4.31 Å². The molecule has 1 amide bonds. The third-order valence-electron chi connectivity index (χ3n) is 4.87. The molecule has 7 heteroatoms. The molecule has 0 radical (unpaired) electrons. The van der Waals surface area contributed by atoms with Gasteiger partial charge in [0.2, 0.25) is 15.9 Å². The van der Waals surface area contributed by atoms with E-state index < -0.39 is 10.0 Å². The lowest BCUT2D eigenvalue weighted by atomic mass is 10.2. The topological polar surface area (TPSA) is 75.7 Å². The molecule has 3 rings (SSSR count). The fourth-order valence-electron chi connectivity index (χ4n) is 3.28. The molecule has 0 aromatic heterocycles. The minimum absolute atomic E-state index is 0.287. The van der Waals surface area contributed by atoms with E-state index in [-0.39, 0.29) is 10.8 Å². The van der Waals surface area contributed by atoms with Crippen LogP contribution in [0, 0.1) is 0 Å². The van der Waals surface area contributed by atoms with Gasteiger partial charge in [-0.3, -0.25) is 4.79 Å². The molecule has 0 unspecified atom stereocenters. The van der Waals surface area contributed by atoms with Crippen LogP contribution in [0.2, 0.25) is 0 Å². The summed E-state index contributed by atoms with van der Waals surface area (Å²) >= 11 is 0. The number of ether oxygens (including phenoxy) is 1. The van der Waals surface area contributed by atoms with Gasteiger partial charge in [-0.25, -0.2) is 8.42 Å². The van der Waals surface area contributed by atoms with Gasteiger partial charge >= 0.3 is 0 Å². The molecule has 1 aliphatic rings. The van der Waals surface area contributed by atoms with E-state index in [9.17, 15) is 13.2 Å². The number of hydrogen-bond acceptors (Lipinski definition) is 4. The molecule has 1 fully saturated rings. The third-order valence-corrected chi connectivity index (χ3v) is 6.79. The van der Waals surface area contributed by atoms with Crippen LogP contribution >= 0.6 is 0 Å². The Kier molecular flexibility index (Phi) is 7.06. The maximum Gasteiger partial charge on any atom is 0.248 e. The predicted octanol–water partition coefficient (Wildman–Crippen LogP) is 3.91. The average molecular weight is 415 g/mol. The van der Waals surface area contributed by atoms with E-state index >= 15 is 0 Å². The fourth-order valence-corrected chi connectivity index (χ4v) is 4.79. The van der Waals surface area contributed by atoms with E-state index in [1.54, 1.807) is 53.9 Å². The summed E-state index contributed by atoms with van der Waals surface area (Å²) < 4.78 is 32.4. The first kappa shape index (κ1) is 21.1. The van der Waals surface area contributed by atoms with Crippen molar-refractivity contribution in [3.8, 4) is 5.75 Å².